The first-order valence-electron chi connectivity index (χ1n) is 7.55. The van der Waals surface area contributed by atoms with Gasteiger partial charge in [0.05, 0.1) is 19.8 Å². The van der Waals surface area contributed by atoms with Crippen LogP contribution >= 0.6 is 11.6 Å². The minimum Gasteiger partial charge on any atom is -0.378 e. The van der Waals surface area contributed by atoms with E-state index in [9.17, 15) is 9.59 Å². The topological polar surface area (TPSA) is 61.9 Å². The molecule has 1 aromatic carbocycles. The molecule has 1 aliphatic rings. The second-order valence-electron chi connectivity index (χ2n) is 5.48. The monoisotopic (exact) mass is 339 g/mol. The number of halogens is 1. The van der Waals surface area contributed by atoms with E-state index >= 15 is 0 Å². The number of hydrogen-bond donors (Lipinski definition) is 1. The van der Waals surface area contributed by atoms with Gasteiger partial charge < -0.3 is 15.0 Å². The highest BCUT2D eigenvalue weighted by Gasteiger charge is 2.27. The largest absolute Gasteiger partial charge is 0.378 e. The number of nitrogens with one attached hydrogen (secondary N) is 1. The summed E-state index contributed by atoms with van der Waals surface area (Å²) in [6, 6.07) is 6.55. The van der Waals surface area contributed by atoms with Crippen LogP contribution < -0.4 is 5.32 Å². The van der Waals surface area contributed by atoms with Crippen molar-refractivity contribution in [2.24, 2.45) is 0 Å². The van der Waals surface area contributed by atoms with E-state index < -0.39 is 6.04 Å². The van der Waals surface area contributed by atoms with Gasteiger partial charge in [0.25, 0.3) is 0 Å². The molecule has 0 bridgehead atoms. The average Bonchev–Trinajstić information content (AvgIpc) is 2.57. The smallest absolute Gasteiger partial charge is 0.241 e. The lowest BCUT2D eigenvalue weighted by atomic mass is 10.0. The molecule has 6 nitrogen and oxygen atoms in total. The van der Waals surface area contributed by atoms with E-state index in [1.54, 1.807) is 48.2 Å². The maximum Gasteiger partial charge on any atom is 0.241 e. The second kappa shape index (κ2) is 8.29. The van der Waals surface area contributed by atoms with Crippen LogP contribution in [0.25, 0.3) is 0 Å². The van der Waals surface area contributed by atoms with Crippen molar-refractivity contribution in [3.8, 4) is 0 Å². The summed E-state index contributed by atoms with van der Waals surface area (Å²) in [6.07, 6.45) is 0. The number of rotatable bonds is 5. The molecule has 1 N–H and O–H groups in total. The predicted molar refractivity (Wildman–Crippen MR) is 88.3 cm³/mol. The summed E-state index contributed by atoms with van der Waals surface area (Å²) in [5, 5.41) is 3.26. The summed E-state index contributed by atoms with van der Waals surface area (Å²) in [6.45, 7) is 2.48. The van der Waals surface area contributed by atoms with E-state index in [1.165, 1.54) is 0 Å². The van der Waals surface area contributed by atoms with Gasteiger partial charge in [-0.1, -0.05) is 23.7 Å². The fourth-order valence-corrected chi connectivity index (χ4v) is 2.73. The average molecular weight is 340 g/mol. The summed E-state index contributed by atoms with van der Waals surface area (Å²) in [5.41, 5.74) is 0.797. The summed E-state index contributed by atoms with van der Waals surface area (Å²) < 4.78 is 5.25. The highest BCUT2D eigenvalue weighted by molar-refractivity contribution is 6.30. The van der Waals surface area contributed by atoms with Crippen LogP contribution in [0, 0.1) is 0 Å². The molecule has 1 heterocycles. The van der Waals surface area contributed by atoms with Crippen LogP contribution in [0.1, 0.15) is 11.6 Å². The van der Waals surface area contributed by atoms with Gasteiger partial charge in [-0.25, -0.2) is 0 Å². The van der Waals surface area contributed by atoms with E-state index in [0.29, 0.717) is 31.3 Å². The summed E-state index contributed by atoms with van der Waals surface area (Å²) in [5.74, 6) is -0.164. The zero-order valence-corrected chi connectivity index (χ0v) is 14.2. The number of benzene rings is 1. The van der Waals surface area contributed by atoms with Crippen molar-refractivity contribution in [3.05, 3.63) is 34.9 Å². The highest BCUT2D eigenvalue weighted by atomic mass is 35.5. The Morgan fingerprint density at radius 1 is 1.30 bits per heavy atom. The Bertz CT molecular complexity index is 544. The molecule has 23 heavy (non-hydrogen) atoms. The minimum absolute atomic E-state index is 0.00123. The van der Waals surface area contributed by atoms with E-state index in [4.69, 9.17) is 16.3 Å². The van der Waals surface area contributed by atoms with E-state index in [1.807, 2.05) is 0 Å². The van der Waals surface area contributed by atoms with Gasteiger partial charge in [-0.15, -0.1) is 0 Å². The lowest BCUT2D eigenvalue weighted by Gasteiger charge is -2.31. The van der Waals surface area contributed by atoms with Gasteiger partial charge in [0.15, 0.2) is 0 Å². The molecule has 2 amide bonds. The van der Waals surface area contributed by atoms with Crippen LogP contribution in [0.4, 0.5) is 0 Å². The Labute approximate surface area is 141 Å². The fraction of sp³-hybridized carbons (Fsp3) is 0.500. The first-order chi connectivity index (χ1) is 11.0. The van der Waals surface area contributed by atoms with Gasteiger partial charge >= 0.3 is 0 Å². The van der Waals surface area contributed by atoms with Crippen molar-refractivity contribution in [2.75, 3.05) is 46.9 Å². The zero-order chi connectivity index (χ0) is 16.8. The molecule has 1 fully saturated rings. The van der Waals surface area contributed by atoms with E-state index in [0.717, 1.165) is 5.56 Å². The molecule has 2 rings (SSSR count). The standard InChI is InChI=1S/C16H22ClN3O3/c1-18-16(22)15(12-3-5-13(17)6-4-12)19(2)11-14(21)20-7-9-23-10-8-20/h3-6,15H,7-11H2,1-2H3,(H,18,22)/t15-/m1/s1. The van der Waals surface area contributed by atoms with Gasteiger partial charge in [0.1, 0.15) is 6.04 Å². The number of amides is 2. The Morgan fingerprint density at radius 3 is 2.48 bits per heavy atom. The van der Waals surface area contributed by atoms with Crippen molar-refractivity contribution in [1.29, 1.82) is 0 Å². The van der Waals surface area contributed by atoms with Gasteiger partial charge in [-0.2, -0.15) is 0 Å². The second-order valence-corrected chi connectivity index (χ2v) is 5.91. The third-order valence-corrected chi connectivity index (χ3v) is 4.12. The van der Waals surface area contributed by atoms with Gasteiger partial charge in [0, 0.05) is 25.2 Å². The Balaban J connectivity index is 2.10. The van der Waals surface area contributed by atoms with Crippen LogP contribution in [0.2, 0.25) is 5.02 Å². The normalized spacial score (nSPS) is 16.3. The molecule has 0 spiro atoms. The van der Waals surface area contributed by atoms with E-state index in [2.05, 4.69) is 5.32 Å². The van der Waals surface area contributed by atoms with Crippen LogP contribution in [-0.4, -0.2) is 68.6 Å². The molecule has 126 valence electrons. The van der Waals surface area contributed by atoms with Crippen molar-refractivity contribution >= 4 is 23.4 Å². The van der Waals surface area contributed by atoms with E-state index in [-0.39, 0.29) is 18.4 Å². The molecule has 0 saturated carbocycles. The molecule has 0 aromatic heterocycles. The lowest BCUT2D eigenvalue weighted by Crippen LogP contribution is -2.47. The Kier molecular flexibility index (Phi) is 6.38. The first kappa shape index (κ1) is 17.7. The number of hydrogen-bond acceptors (Lipinski definition) is 4. The van der Waals surface area contributed by atoms with Crippen molar-refractivity contribution in [3.63, 3.8) is 0 Å². The van der Waals surface area contributed by atoms with Gasteiger partial charge in [-0.05, 0) is 24.7 Å². The summed E-state index contributed by atoms with van der Waals surface area (Å²) in [4.78, 5) is 28.2. The predicted octanol–water partition coefficient (Wildman–Crippen LogP) is 0.918. The summed E-state index contributed by atoms with van der Waals surface area (Å²) >= 11 is 5.91. The van der Waals surface area contributed by atoms with Crippen LogP contribution in [0.3, 0.4) is 0 Å². The molecule has 0 aliphatic carbocycles. The maximum atomic E-state index is 12.4. The Morgan fingerprint density at radius 2 is 1.91 bits per heavy atom. The zero-order valence-electron chi connectivity index (χ0n) is 13.4. The third kappa shape index (κ3) is 4.67. The molecular formula is C16H22ClN3O3. The lowest BCUT2D eigenvalue weighted by molar-refractivity contribution is -0.137. The fourth-order valence-electron chi connectivity index (χ4n) is 2.61. The molecular weight excluding hydrogens is 318 g/mol. The van der Waals surface area contributed by atoms with Crippen molar-refractivity contribution in [1.82, 2.24) is 15.1 Å². The number of ether oxygens (including phenoxy) is 1. The number of carbonyl (C=O) groups is 2. The molecule has 1 atom stereocenters. The highest BCUT2D eigenvalue weighted by Crippen LogP contribution is 2.22. The number of morpholine rings is 1. The molecule has 1 saturated heterocycles. The molecule has 1 aromatic rings. The van der Waals surface area contributed by atoms with Crippen molar-refractivity contribution < 1.29 is 14.3 Å². The number of likely N-dealkylation sites (N-methyl/N-ethyl adjacent to an activating group) is 2. The van der Waals surface area contributed by atoms with Crippen LogP contribution in [0.15, 0.2) is 24.3 Å². The SMILES string of the molecule is CNC(=O)[C@@H](c1ccc(Cl)cc1)N(C)CC(=O)N1CCOCC1. The van der Waals surface area contributed by atoms with Crippen molar-refractivity contribution in [2.45, 2.75) is 6.04 Å². The number of carbonyl (C=O) groups excluding carboxylic acids is 2. The van der Waals surface area contributed by atoms with Gasteiger partial charge in [0.2, 0.25) is 11.8 Å². The first-order valence-corrected chi connectivity index (χ1v) is 7.93. The third-order valence-electron chi connectivity index (χ3n) is 3.87. The van der Waals surface area contributed by atoms with Gasteiger partial charge in [-0.3, -0.25) is 14.5 Å². The Hall–Kier alpha value is -1.63. The number of nitrogens with zero attached hydrogens (tertiary/aromatic N) is 2. The quantitative estimate of drug-likeness (QED) is 0.866. The molecule has 7 heteroatoms. The molecule has 1 aliphatic heterocycles. The maximum absolute atomic E-state index is 12.4. The van der Waals surface area contributed by atoms with Crippen LogP contribution in [0.5, 0.6) is 0 Å². The molecule has 0 unspecified atom stereocenters. The van der Waals surface area contributed by atoms with Crippen LogP contribution in [-0.2, 0) is 14.3 Å². The minimum atomic E-state index is -0.540. The summed E-state index contributed by atoms with van der Waals surface area (Å²) in [7, 11) is 3.36. The molecule has 0 radical (unpaired) electrons.